The van der Waals surface area contributed by atoms with Gasteiger partial charge in [0.05, 0.1) is 11.7 Å². The smallest absolute Gasteiger partial charge is 0.336 e. The maximum absolute atomic E-state index is 13.9. The fraction of sp³-hybridized carbons (Fsp3) is 0.722. The Morgan fingerprint density at radius 3 is 2.83 bits per heavy atom. The van der Waals surface area contributed by atoms with Gasteiger partial charge in [-0.2, -0.15) is 0 Å². The predicted octanol–water partition coefficient (Wildman–Crippen LogP) is 3.74. The van der Waals surface area contributed by atoms with Gasteiger partial charge in [-0.05, 0) is 43.3 Å². The molecule has 4 nitrogen and oxygen atoms in total. The quantitative estimate of drug-likeness (QED) is 0.846. The van der Waals surface area contributed by atoms with E-state index in [-0.39, 0.29) is 24.5 Å². The molecule has 24 heavy (non-hydrogen) atoms. The van der Waals surface area contributed by atoms with Gasteiger partial charge >= 0.3 is 5.97 Å². The van der Waals surface area contributed by atoms with Crippen LogP contribution in [0.2, 0.25) is 0 Å². The van der Waals surface area contributed by atoms with Gasteiger partial charge < -0.3 is 14.7 Å². The van der Waals surface area contributed by atoms with Crippen LogP contribution < -0.4 is 0 Å². The molecule has 134 valence electrons. The molecule has 0 bridgehead atoms. The van der Waals surface area contributed by atoms with E-state index in [4.69, 9.17) is 4.74 Å². The van der Waals surface area contributed by atoms with Gasteiger partial charge in [0.25, 0.3) is 5.92 Å². The van der Waals surface area contributed by atoms with E-state index in [0.717, 1.165) is 37.1 Å². The molecule has 0 unspecified atom stereocenters. The van der Waals surface area contributed by atoms with E-state index in [9.17, 15) is 18.7 Å². The number of hydrogen-bond acceptors (Lipinski definition) is 3. The fourth-order valence-corrected chi connectivity index (χ4v) is 4.04. The van der Waals surface area contributed by atoms with Crippen LogP contribution in [0.25, 0.3) is 0 Å². The Hall–Kier alpha value is -1.43. The first-order valence-electron chi connectivity index (χ1n) is 8.83. The van der Waals surface area contributed by atoms with Crippen LogP contribution in [0.15, 0.2) is 22.4 Å². The molecule has 1 N–H and O–H groups in total. The van der Waals surface area contributed by atoms with Crippen molar-refractivity contribution < 1.29 is 23.4 Å². The number of nitrogens with zero attached hydrogens (tertiary/aromatic N) is 1. The van der Waals surface area contributed by atoms with E-state index in [0.29, 0.717) is 25.1 Å². The summed E-state index contributed by atoms with van der Waals surface area (Å²) in [4.78, 5) is 13.8. The summed E-state index contributed by atoms with van der Waals surface area (Å²) in [6.45, 7) is 3.82. The van der Waals surface area contributed by atoms with Crippen molar-refractivity contribution in [2.24, 2.45) is 0 Å². The molecule has 0 radical (unpaired) electrons. The molecule has 1 saturated heterocycles. The van der Waals surface area contributed by atoms with Crippen LogP contribution in [0.4, 0.5) is 8.78 Å². The second-order valence-corrected chi connectivity index (χ2v) is 6.96. The zero-order valence-corrected chi connectivity index (χ0v) is 14.1. The third-order valence-electron chi connectivity index (χ3n) is 5.27. The van der Waals surface area contributed by atoms with Crippen molar-refractivity contribution >= 4 is 5.97 Å². The van der Waals surface area contributed by atoms with Gasteiger partial charge in [-0.25, -0.2) is 13.6 Å². The van der Waals surface area contributed by atoms with E-state index in [1.165, 1.54) is 0 Å². The lowest BCUT2D eigenvalue weighted by Crippen LogP contribution is -2.42. The highest BCUT2D eigenvalue weighted by molar-refractivity contribution is 5.93. The summed E-state index contributed by atoms with van der Waals surface area (Å²) in [5.74, 6) is -3.89. The third-order valence-corrected chi connectivity index (χ3v) is 5.27. The molecule has 1 fully saturated rings. The Labute approximate surface area is 141 Å². The highest BCUT2D eigenvalue weighted by Gasteiger charge is 2.42. The second kappa shape index (κ2) is 6.82. The molecule has 0 aromatic rings. The minimum Gasteiger partial charge on any atom is -0.478 e. The van der Waals surface area contributed by atoms with Crippen LogP contribution >= 0.6 is 0 Å². The van der Waals surface area contributed by atoms with Crippen LogP contribution in [0.1, 0.15) is 51.9 Å². The average Bonchev–Trinajstić information content (AvgIpc) is 2.53. The van der Waals surface area contributed by atoms with Crippen LogP contribution in [0.5, 0.6) is 0 Å². The predicted molar refractivity (Wildman–Crippen MR) is 85.9 cm³/mol. The van der Waals surface area contributed by atoms with Crippen molar-refractivity contribution in [3.63, 3.8) is 0 Å². The molecule has 0 spiro atoms. The van der Waals surface area contributed by atoms with E-state index in [2.05, 4.69) is 4.90 Å². The molecular formula is C18H25F2NO3. The largest absolute Gasteiger partial charge is 0.478 e. The van der Waals surface area contributed by atoms with E-state index in [1.54, 1.807) is 0 Å². The Morgan fingerprint density at radius 1 is 1.42 bits per heavy atom. The van der Waals surface area contributed by atoms with Crippen molar-refractivity contribution in [2.45, 2.75) is 63.9 Å². The Bertz CT molecular complexity index is 577. The zero-order valence-electron chi connectivity index (χ0n) is 14.1. The van der Waals surface area contributed by atoms with Gasteiger partial charge in [0.15, 0.2) is 0 Å². The second-order valence-electron chi connectivity index (χ2n) is 6.96. The molecule has 2 heterocycles. The number of aliphatic carboxylic acids is 1. The highest BCUT2D eigenvalue weighted by atomic mass is 19.3. The Morgan fingerprint density at radius 2 is 2.21 bits per heavy atom. The van der Waals surface area contributed by atoms with Crippen LogP contribution in [0, 0.1) is 0 Å². The Kier molecular flexibility index (Phi) is 4.95. The van der Waals surface area contributed by atoms with Gasteiger partial charge in [0.2, 0.25) is 0 Å². The summed E-state index contributed by atoms with van der Waals surface area (Å²) in [5.41, 5.74) is 2.02. The molecule has 3 rings (SSSR count). The van der Waals surface area contributed by atoms with Gasteiger partial charge in [-0.15, -0.1) is 0 Å². The van der Waals surface area contributed by atoms with Crippen LogP contribution in [-0.4, -0.2) is 47.7 Å². The number of carboxylic acids is 1. The first-order valence-corrected chi connectivity index (χ1v) is 8.83. The number of alkyl halides is 2. The van der Waals surface area contributed by atoms with Gasteiger partial charge in [-0.3, -0.25) is 0 Å². The molecule has 0 aromatic heterocycles. The van der Waals surface area contributed by atoms with E-state index in [1.807, 2.05) is 6.92 Å². The number of ether oxygens (including phenoxy) is 1. The molecular weight excluding hydrogens is 316 g/mol. The van der Waals surface area contributed by atoms with Gasteiger partial charge in [0, 0.05) is 38.2 Å². The molecule has 0 aromatic carbocycles. The summed E-state index contributed by atoms with van der Waals surface area (Å²) in [7, 11) is 0. The first-order chi connectivity index (χ1) is 11.4. The molecule has 1 aliphatic carbocycles. The van der Waals surface area contributed by atoms with Crippen molar-refractivity contribution in [2.75, 3.05) is 19.7 Å². The highest BCUT2D eigenvalue weighted by Crippen LogP contribution is 2.44. The summed E-state index contributed by atoms with van der Waals surface area (Å²) >= 11 is 0. The summed E-state index contributed by atoms with van der Waals surface area (Å²) < 4.78 is 33.7. The molecule has 1 atom stereocenters. The zero-order chi connectivity index (χ0) is 17.3. The lowest BCUT2D eigenvalue weighted by atomic mass is 9.82. The minimum absolute atomic E-state index is 0.111. The normalized spacial score (nSPS) is 27.3. The number of halogens is 2. The van der Waals surface area contributed by atoms with E-state index < -0.39 is 18.3 Å². The lowest BCUT2D eigenvalue weighted by Gasteiger charge is -2.41. The minimum atomic E-state index is -2.82. The van der Waals surface area contributed by atoms with Gasteiger partial charge in [0.1, 0.15) is 0 Å². The third kappa shape index (κ3) is 3.48. The standard InChI is InChI=1S/C18H25F2NO3/c1-2-12-10-21(11-13-5-3-4-8-24-13)15-6-7-18(19,20)9-14(15)16(12)17(22)23/h13H,2-11H2,1H3,(H,22,23)/t13-/m0/s1. The molecule has 6 heteroatoms. The molecule has 3 aliphatic rings. The van der Waals surface area contributed by atoms with Crippen molar-refractivity contribution in [3.8, 4) is 0 Å². The monoisotopic (exact) mass is 341 g/mol. The number of carboxylic acid groups (broad SMARTS) is 1. The van der Waals surface area contributed by atoms with Crippen LogP contribution in [0.3, 0.4) is 0 Å². The summed E-state index contributed by atoms with van der Waals surface area (Å²) in [6, 6.07) is 0. The Balaban J connectivity index is 1.92. The molecule has 0 amide bonds. The molecule has 2 aliphatic heterocycles. The van der Waals surface area contributed by atoms with Gasteiger partial charge in [-0.1, -0.05) is 6.92 Å². The summed E-state index contributed by atoms with van der Waals surface area (Å²) in [5, 5.41) is 9.58. The van der Waals surface area contributed by atoms with Crippen molar-refractivity contribution in [1.82, 2.24) is 4.90 Å². The fourth-order valence-electron chi connectivity index (χ4n) is 4.04. The number of allylic oxidation sites excluding steroid dienone is 1. The van der Waals surface area contributed by atoms with Crippen molar-refractivity contribution in [3.05, 3.63) is 22.4 Å². The topological polar surface area (TPSA) is 49.8 Å². The first kappa shape index (κ1) is 17.4. The number of rotatable bonds is 4. The van der Waals surface area contributed by atoms with E-state index >= 15 is 0 Å². The summed E-state index contributed by atoms with van der Waals surface area (Å²) in [6.07, 6.45) is 3.41. The molecule has 0 saturated carbocycles. The number of carbonyl (C=O) groups is 1. The van der Waals surface area contributed by atoms with Crippen LogP contribution in [-0.2, 0) is 9.53 Å². The average molecular weight is 341 g/mol. The SMILES string of the molecule is CCC1=C(C(=O)O)C2=C(CCC(F)(F)C2)N(C[C@@H]2CCCCO2)C1. The van der Waals surface area contributed by atoms with Crippen molar-refractivity contribution in [1.29, 1.82) is 0 Å². The maximum Gasteiger partial charge on any atom is 0.336 e. The maximum atomic E-state index is 13.9. The number of hydrogen-bond donors (Lipinski definition) is 1. The lowest BCUT2D eigenvalue weighted by molar-refractivity contribution is -0.132.